The van der Waals surface area contributed by atoms with Crippen molar-refractivity contribution in [1.82, 2.24) is 25.1 Å². The minimum Gasteiger partial charge on any atom is -0.308 e. The number of H-pyrrole nitrogens is 2. The van der Waals surface area contributed by atoms with Gasteiger partial charge in [0.2, 0.25) is 0 Å². The highest BCUT2D eigenvalue weighted by Crippen LogP contribution is 2.41. The van der Waals surface area contributed by atoms with Gasteiger partial charge in [-0.2, -0.15) is 5.10 Å². The van der Waals surface area contributed by atoms with Gasteiger partial charge in [-0.05, 0) is 58.1 Å². The highest BCUT2D eigenvalue weighted by Gasteiger charge is 2.31. The zero-order valence-corrected chi connectivity index (χ0v) is 15.9. The number of aromatic amines is 2. The minimum atomic E-state index is 0.00345. The molecule has 0 aromatic carbocycles. The molecule has 1 atom stereocenters. The maximum absolute atomic E-state index is 12.9. The molecule has 5 rings (SSSR count). The van der Waals surface area contributed by atoms with Crippen LogP contribution in [0.15, 0.2) is 11.0 Å². The second-order valence-corrected chi connectivity index (χ2v) is 8.65. The van der Waals surface area contributed by atoms with Crippen molar-refractivity contribution in [3.05, 3.63) is 33.6 Å². The van der Waals surface area contributed by atoms with Crippen LogP contribution in [0.1, 0.15) is 56.2 Å². The molecule has 3 aromatic rings. The van der Waals surface area contributed by atoms with Gasteiger partial charge in [-0.1, -0.05) is 0 Å². The number of thiophene rings is 1. The van der Waals surface area contributed by atoms with Crippen molar-refractivity contribution in [2.45, 2.75) is 58.0 Å². The van der Waals surface area contributed by atoms with E-state index in [9.17, 15) is 4.79 Å². The summed E-state index contributed by atoms with van der Waals surface area (Å²) in [6, 6.07) is 0.675. The van der Waals surface area contributed by atoms with Crippen LogP contribution in [0.5, 0.6) is 0 Å². The Morgan fingerprint density at radius 3 is 3.04 bits per heavy atom. The van der Waals surface area contributed by atoms with Crippen molar-refractivity contribution in [1.29, 1.82) is 0 Å². The molecule has 0 amide bonds. The standard InChI is InChI=1S/C19H23N5OS/c1-10(2)24-8-4-7-14(24)18-21-15-11-5-3-6-13-12(9-20-23-13)16(11)26-17(15)19(25)22-18/h9-10,14H,3-8H2,1-2H3,(H,20,23)(H,21,22,25). The summed E-state index contributed by atoms with van der Waals surface area (Å²) in [5, 5.41) is 7.37. The van der Waals surface area contributed by atoms with Gasteiger partial charge in [0, 0.05) is 22.7 Å². The Morgan fingerprint density at radius 2 is 2.19 bits per heavy atom. The van der Waals surface area contributed by atoms with Crippen LogP contribution in [0, 0.1) is 0 Å². The first-order valence-electron chi connectivity index (χ1n) is 9.48. The summed E-state index contributed by atoms with van der Waals surface area (Å²) >= 11 is 1.57. The van der Waals surface area contributed by atoms with Crippen LogP contribution in [-0.4, -0.2) is 37.7 Å². The predicted molar refractivity (Wildman–Crippen MR) is 104 cm³/mol. The second-order valence-electron chi connectivity index (χ2n) is 7.63. The van der Waals surface area contributed by atoms with E-state index in [1.54, 1.807) is 11.3 Å². The number of aromatic nitrogens is 4. The highest BCUT2D eigenvalue weighted by atomic mass is 32.1. The highest BCUT2D eigenvalue weighted by molar-refractivity contribution is 7.22. The fraction of sp³-hybridized carbons (Fsp3) is 0.526. The summed E-state index contributed by atoms with van der Waals surface area (Å²) in [5.74, 6) is 0.839. The normalized spacial score (nSPS) is 20.5. The molecule has 6 nitrogen and oxygen atoms in total. The lowest BCUT2D eigenvalue weighted by atomic mass is 10.1. The SMILES string of the molecule is CC(C)N1CCCC1c1nc2c3c(sc2c(=O)[nH]1)-c1c[nH]nc1CCC3. The summed E-state index contributed by atoms with van der Waals surface area (Å²) in [6.45, 7) is 5.50. The first-order valence-corrected chi connectivity index (χ1v) is 10.3. The van der Waals surface area contributed by atoms with Crippen LogP contribution < -0.4 is 5.56 Å². The van der Waals surface area contributed by atoms with E-state index in [0.717, 1.165) is 65.9 Å². The molecule has 1 saturated heterocycles. The molecule has 2 aliphatic rings. The fourth-order valence-corrected chi connectivity index (χ4v) is 5.72. The summed E-state index contributed by atoms with van der Waals surface area (Å²) < 4.78 is 0.752. The van der Waals surface area contributed by atoms with Crippen LogP contribution in [0.4, 0.5) is 0 Å². The third-order valence-corrected chi connectivity index (χ3v) is 6.99. The third-order valence-electron chi connectivity index (χ3n) is 5.74. The third kappa shape index (κ3) is 2.37. The van der Waals surface area contributed by atoms with Crippen LogP contribution in [0.2, 0.25) is 0 Å². The molecule has 136 valence electrons. The largest absolute Gasteiger partial charge is 0.308 e. The van der Waals surface area contributed by atoms with Crippen molar-refractivity contribution in [3.63, 3.8) is 0 Å². The molecule has 0 saturated carbocycles. The Labute approximate surface area is 155 Å². The van der Waals surface area contributed by atoms with E-state index in [2.05, 4.69) is 33.9 Å². The molecular weight excluding hydrogens is 346 g/mol. The van der Waals surface area contributed by atoms with Gasteiger partial charge in [0.05, 0.1) is 17.3 Å². The summed E-state index contributed by atoms with van der Waals surface area (Å²) in [4.78, 5) is 24.6. The van der Waals surface area contributed by atoms with Gasteiger partial charge < -0.3 is 4.98 Å². The van der Waals surface area contributed by atoms with E-state index in [1.165, 1.54) is 10.4 Å². The molecule has 0 bridgehead atoms. The second kappa shape index (κ2) is 6.03. The van der Waals surface area contributed by atoms with E-state index in [1.807, 2.05) is 6.20 Å². The van der Waals surface area contributed by atoms with E-state index in [4.69, 9.17) is 4.98 Å². The average molecular weight is 369 g/mol. The Balaban J connectivity index is 1.69. The summed E-state index contributed by atoms with van der Waals surface area (Å²) in [5.41, 5.74) is 4.39. The molecule has 2 N–H and O–H groups in total. The van der Waals surface area contributed by atoms with Crippen molar-refractivity contribution < 1.29 is 0 Å². The number of rotatable bonds is 2. The summed E-state index contributed by atoms with van der Waals surface area (Å²) in [7, 11) is 0. The molecule has 1 fully saturated rings. The zero-order chi connectivity index (χ0) is 17.8. The van der Waals surface area contributed by atoms with Crippen molar-refractivity contribution in [2.24, 2.45) is 0 Å². The molecule has 0 spiro atoms. The Bertz CT molecular complexity index is 1030. The quantitative estimate of drug-likeness (QED) is 0.726. The molecule has 26 heavy (non-hydrogen) atoms. The smallest absolute Gasteiger partial charge is 0.268 e. The van der Waals surface area contributed by atoms with Crippen LogP contribution in [-0.2, 0) is 12.8 Å². The van der Waals surface area contributed by atoms with E-state index < -0.39 is 0 Å². The van der Waals surface area contributed by atoms with Crippen molar-refractivity contribution >= 4 is 21.6 Å². The lowest BCUT2D eigenvalue weighted by molar-refractivity contribution is 0.198. The predicted octanol–water partition coefficient (Wildman–Crippen LogP) is 3.41. The topological polar surface area (TPSA) is 77.7 Å². The number of hydrogen-bond acceptors (Lipinski definition) is 5. The van der Waals surface area contributed by atoms with Crippen LogP contribution in [0.3, 0.4) is 0 Å². The van der Waals surface area contributed by atoms with Gasteiger partial charge in [0.15, 0.2) is 0 Å². The van der Waals surface area contributed by atoms with Gasteiger partial charge >= 0.3 is 0 Å². The van der Waals surface area contributed by atoms with Gasteiger partial charge in [0.25, 0.3) is 5.56 Å². The number of nitrogens with zero attached hydrogens (tertiary/aromatic N) is 3. The Hall–Kier alpha value is -1.99. The van der Waals surface area contributed by atoms with E-state index >= 15 is 0 Å². The lowest BCUT2D eigenvalue weighted by Crippen LogP contribution is -2.32. The zero-order valence-electron chi connectivity index (χ0n) is 15.1. The van der Waals surface area contributed by atoms with Crippen molar-refractivity contribution in [3.8, 4) is 10.4 Å². The number of nitrogens with one attached hydrogen (secondary N) is 2. The van der Waals surface area contributed by atoms with Gasteiger partial charge in [-0.25, -0.2) is 4.98 Å². The van der Waals surface area contributed by atoms with Gasteiger partial charge in [-0.15, -0.1) is 11.3 Å². The molecule has 1 unspecified atom stereocenters. The van der Waals surface area contributed by atoms with Crippen molar-refractivity contribution in [2.75, 3.05) is 6.54 Å². The molecule has 1 aliphatic carbocycles. The molecule has 7 heteroatoms. The molecule has 0 radical (unpaired) electrons. The molecular formula is C19H23N5OS. The maximum atomic E-state index is 12.9. The Morgan fingerprint density at radius 1 is 1.31 bits per heavy atom. The van der Waals surface area contributed by atoms with Gasteiger partial charge in [0.1, 0.15) is 10.5 Å². The number of fused-ring (bicyclic) bond motifs is 5. The van der Waals surface area contributed by atoms with Crippen LogP contribution >= 0.6 is 11.3 Å². The molecule has 3 aromatic heterocycles. The fourth-order valence-electron chi connectivity index (χ4n) is 4.50. The maximum Gasteiger partial charge on any atom is 0.268 e. The number of likely N-dealkylation sites (tertiary alicyclic amines) is 1. The molecule has 1 aliphatic heterocycles. The van der Waals surface area contributed by atoms with E-state index in [0.29, 0.717) is 6.04 Å². The van der Waals surface area contributed by atoms with Gasteiger partial charge in [-0.3, -0.25) is 14.8 Å². The minimum absolute atomic E-state index is 0.00345. The summed E-state index contributed by atoms with van der Waals surface area (Å²) in [6.07, 6.45) is 7.15. The van der Waals surface area contributed by atoms with Crippen LogP contribution in [0.25, 0.3) is 20.7 Å². The monoisotopic (exact) mass is 369 g/mol. The first kappa shape index (κ1) is 16.2. The lowest BCUT2D eigenvalue weighted by Gasteiger charge is -2.27. The molecule has 4 heterocycles. The number of hydrogen-bond donors (Lipinski definition) is 2. The average Bonchev–Trinajstić information content (AvgIpc) is 3.32. The van der Waals surface area contributed by atoms with E-state index in [-0.39, 0.29) is 11.6 Å². The number of aryl methyl sites for hydroxylation is 2. The Kier molecular flexibility index (Phi) is 3.76. The first-order chi connectivity index (χ1) is 12.6.